The molecule has 27 heavy (non-hydrogen) atoms. The Morgan fingerprint density at radius 3 is 2.89 bits per heavy atom. The first kappa shape index (κ1) is 19.7. The van der Waals surface area contributed by atoms with Gasteiger partial charge in [0.15, 0.2) is 0 Å². The summed E-state index contributed by atoms with van der Waals surface area (Å²) in [6, 6.07) is 8.21. The van der Waals surface area contributed by atoms with Gasteiger partial charge < -0.3 is 10.2 Å². The van der Waals surface area contributed by atoms with Gasteiger partial charge in [-0.25, -0.2) is 14.8 Å². The van der Waals surface area contributed by atoms with Crippen LogP contribution >= 0.6 is 11.8 Å². The SMILES string of the molecule is CSc1cccc(CN(C)C(=O)NCCc2nc(C)c3c(n2)CCCC3)c1. The molecule has 144 valence electrons. The third-order valence-corrected chi connectivity index (χ3v) is 5.69. The number of aryl methyl sites for hydroxylation is 2. The van der Waals surface area contributed by atoms with Crippen LogP contribution in [0.1, 0.15) is 41.2 Å². The van der Waals surface area contributed by atoms with Crippen LogP contribution in [0.25, 0.3) is 0 Å². The Morgan fingerprint density at radius 1 is 1.26 bits per heavy atom. The number of carbonyl (C=O) groups is 1. The molecule has 1 heterocycles. The molecule has 0 radical (unpaired) electrons. The molecular weight excluding hydrogens is 356 g/mol. The van der Waals surface area contributed by atoms with Gasteiger partial charge in [-0.05, 0) is 62.1 Å². The predicted octanol–water partition coefficient (Wildman–Crippen LogP) is 3.77. The number of hydrogen-bond acceptors (Lipinski definition) is 4. The van der Waals surface area contributed by atoms with Crippen molar-refractivity contribution in [2.75, 3.05) is 19.8 Å². The van der Waals surface area contributed by atoms with Crippen molar-refractivity contribution >= 4 is 17.8 Å². The molecule has 1 aliphatic carbocycles. The van der Waals surface area contributed by atoms with Crippen molar-refractivity contribution in [3.63, 3.8) is 0 Å². The lowest BCUT2D eigenvalue weighted by Crippen LogP contribution is -2.38. The van der Waals surface area contributed by atoms with Gasteiger partial charge in [-0.1, -0.05) is 12.1 Å². The summed E-state index contributed by atoms with van der Waals surface area (Å²) in [4.78, 5) is 24.6. The van der Waals surface area contributed by atoms with E-state index in [9.17, 15) is 4.79 Å². The normalized spacial score (nSPS) is 13.1. The maximum Gasteiger partial charge on any atom is 0.317 e. The van der Waals surface area contributed by atoms with E-state index < -0.39 is 0 Å². The lowest BCUT2D eigenvalue weighted by Gasteiger charge is -2.19. The molecule has 6 heteroatoms. The van der Waals surface area contributed by atoms with Gasteiger partial charge in [0.2, 0.25) is 0 Å². The first-order chi connectivity index (χ1) is 13.1. The molecule has 0 aliphatic heterocycles. The van der Waals surface area contributed by atoms with E-state index in [-0.39, 0.29) is 6.03 Å². The second-order valence-corrected chi connectivity index (χ2v) is 7.93. The van der Waals surface area contributed by atoms with E-state index >= 15 is 0 Å². The monoisotopic (exact) mass is 384 g/mol. The highest BCUT2D eigenvalue weighted by Gasteiger charge is 2.15. The average molecular weight is 385 g/mol. The second-order valence-electron chi connectivity index (χ2n) is 7.05. The van der Waals surface area contributed by atoms with Crippen LogP contribution in [0.3, 0.4) is 0 Å². The number of fused-ring (bicyclic) bond motifs is 1. The smallest absolute Gasteiger partial charge is 0.317 e. The van der Waals surface area contributed by atoms with Crippen molar-refractivity contribution in [1.82, 2.24) is 20.2 Å². The third kappa shape index (κ3) is 5.22. The molecule has 0 atom stereocenters. The molecule has 0 bridgehead atoms. The van der Waals surface area contributed by atoms with Gasteiger partial charge in [0.25, 0.3) is 0 Å². The van der Waals surface area contributed by atoms with E-state index in [1.54, 1.807) is 16.7 Å². The number of benzene rings is 1. The Hall–Kier alpha value is -2.08. The van der Waals surface area contributed by atoms with E-state index in [1.807, 2.05) is 19.2 Å². The molecule has 3 rings (SSSR count). The van der Waals surface area contributed by atoms with Crippen LogP contribution in [0.2, 0.25) is 0 Å². The van der Waals surface area contributed by atoms with Crippen LogP contribution in [0.15, 0.2) is 29.2 Å². The van der Waals surface area contributed by atoms with Crippen LogP contribution in [-0.4, -0.2) is 40.7 Å². The van der Waals surface area contributed by atoms with E-state index in [2.05, 4.69) is 35.6 Å². The minimum Gasteiger partial charge on any atom is -0.338 e. The van der Waals surface area contributed by atoms with Crippen LogP contribution in [-0.2, 0) is 25.8 Å². The summed E-state index contributed by atoms with van der Waals surface area (Å²) in [7, 11) is 1.82. The number of urea groups is 1. The summed E-state index contributed by atoms with van der Waals surface area (Å²) < 4.78 is 0. The number of nitrogens with one attached hydrogen (secondary N) is 1. The largest absolute Gasteiger partial charge is 0.338 e. The number of carbonyl (C=O) groups excluding carboxylic acids is 1. The van der Waals surface area contributed by atoms with Crippen LogP contribution in [0, 0.1) is 6.92 Å². The summed E-state index contributed by atoms with van der Waals surface area (Å²) in [6.45, 7) is 3.21. The van der Waals surface area contributed by atoms with E-state index in [0.717, 1.165) is 29.9 Å². The Balaban J connectivity index is 1.51. The minimum atomic E-state index is -0.0702. The van der Waals surface area contributed by atoms with E-state index in [0.29, 0.717) is 19.5 Å². The van der Waals surface area contributed by atoms with Gasteiger partial charge in [-0.3, -0.25) is 0 Å². The second kappa shape index (κ2) is 9.22. The molecule has 1 aromatic heterocycles. The zero-order valence-corrected chi connectivity index (χ0v) is 17.2. The molecule has 5 nitrogen and oxygen atoms in total. The summed E-state index contributed by atoms with van der Waals surface area (Å²) >= 11 is 1.71. The van der Waals surface area contributed by atoms with Crippen LogP contribution in [0.5, 0.6) is 0 Å². The average Bonchev–Trinajstić information content (AvgIpc) is 2.68. The molecule has 2 amide bonds. The molecule has 1 aromatic carbocycles. The molecular formula is C21H28N4OS. The van der Waals surface area contributed by atoms with Crippen molar-refractivity contribution in [3.8, 4) is 0 Å². The zero-order valence-electron chi connectivity index (χ0n) is 16.4. The lowest BCUT2D eigenvalue weighted by atomic mass is 9.95. The molecule has 0 spiro atoms. The van der Waals surface area contributed by atoms with Gasteiger partial charge in [-0.15, -0.1) is 11.8 Å². The fraction of sp³-hybridized carbons (Fsp3) is 0.476. The number of rotatable bonds is 6. The standard InChI is InChI=1S/C21H28N4OS/c1-15-18-9-4-5-10-19(18)24-20(23-15)11-12-22-21(26)25(2)14-16-7-6-8-17(13-16)27-3/h6-8,13H,4-5,9-12,14H2,1-3H3,(H,22,26). The molecule has 1 aliphatic rings. The van der Waals surface area contributed by atoms with Crippen molar-refractivity contribution < 1.29 is 4.79 Å². The summed E-state index contributed by atoms with van der Waals surface area (Å²) in [6.07, 6.45) is 7.31. The molecule has 0 saturated heterocycles. The Bertz CT molecular complexity index is 809. The maximum atomic E-state index is 12.4. The highest BCUT2D eigenvalue weighted by molar-refractivity contribution is 7.98. The van der Waals surface area contributed by atoms with Crippen molar-refractivity contribution in [1.29, 1.82) is 0 Å². The number of amides is 2. The highest BCUT2D eigenvalue weighted by Crippen LogP contribution is 2.21. The van der Waals surface area contributed by atoms with E-state index in [1.165, 1.54) is 29.0 Å². The Labute approximate surface area is 166 Å². The fourth-order valence-corrected chi connectivity index (χ4v) is 3.97. The Morgan fingerprint density at radius 2 is 2.07 bits per heavy atom. The number of nitrogens with zero attached hydrogens (tertiary/aromatic N) is 3. The summed E-state index contributed by atoms with van der Waals surface area (Å²) in [5.41, 5.74) is 4.78. The zero-order chi connectivity index (χ0) is 19.2. The first-order valence-electron chi connectivity index (χ1n) is 9.54. The number of aromatic nitrogens is 2. The first-order valence-corrected chi connectivity index (χ1v) is 10.8. The van der Waals surface area contributed by atoms with Crippen LogP contribution in [0.4, 0.5) is 4.79 Å². The summed E-state index contributed by atoms with van der Waals surface area (Å²) in [5, 5.41) is 2.98. The number of thioether (sulfide) groups is 1. The summed E-state index contributed by atoms with van der Waals surface area (Å²) in [5.74, 6) is 0.837. The molecule has 2 aromatic rings. The lowest BCUT2D eigenvalue weighted by molar-refractivity contribution is 0.207. The quantitative estimate of drug-likeness (QED) is 0.770. The molecule has 0 saturated carbocycles. The van der Waals surface area contributed by atoms with Gasteiger partial charge in [0.05, 0.1) is 0 Å². The molecule has 1 N–H and O–H groups in total. The predicted molar refractivity (Wildman–Crippen MR) is 110 cm³/mol. The Kier molecular flexibility index (Phi) is 6.72. The fourth-order valence-electron chi connectivity index (χ4n) is 3.49. The van der Waals surface area contributed by atoms with Crippen molar-refractivity contribution in [2.45, 2.75) is 50.5 Å². The minimum absolute atomic E-state index is 0.0702. The van der Waals surface area contributed by atoms with Crippen LogP contribution < -0.4 is 5.32 Å². The van der Waals surface area contributed by atoms with E-state index in [4.69, 9.17) is 4.98 Å². The molecule has 0 unspecified atom stereocenters. The maximum absolute atomic E-state index is 12.4. The molecule has 0 fully saturated rings. The van der Waals surface area contributed by atoms with Crippen molar-refractivity contribution in [2.24, 2.45) is 0 Å². The number of hydrogen-bond donors (Lipinski definition) is 1. The topological polar surface area (TPSA) is 58.1 Å². The van der Waals surface area contributed by atoms with Crippen molar-refractivity contribution in [3.05, 3.63) is 52.6 Å². The van der Waals surface area contributed by atoms with Gasteiger partial charge in [0, 0.05) is 42.8 Å². The third-order valence-electron chi connectivity index (χ3n) is 4.96. The highest BCUT2D eigenvalue weighted by atomic mass is 32.2. The van der Waals surface area contributed by atoms with Gasteiger partial charge in [0.1, 0.15) is 5.82 Å². The van der Waals surface area contributed by atoms with Gasteiger partial charge >= 0.3 is 6.03 Å². The van der Waals surface area contributed by atoms with Gasteiger partial charge in [-0.2, -0.15) is 0 Å².